The minimum absolute atomic E-state index is 0.0860. The Morgan fingerprint density at radius 1 is 1.19 bits per heavy atom. The number of nitrogens with zero attached hydrogens (tertiary/aromatic N) is 2. The van der Waals surface area contributed by atoms with E-state index in [0.29, 0.717) is 5.92 Å². The van der Waals surface area contributed by atoms with Crippen LogP contribution in [0.3, 0.4) is 0 Å². The number of hydrogen-bond donors (Lipinski definition) is 1. The highest BCUT2D eigenvalue weighted by atomic mass is 16.1. The topological polar surface area (TPSA) is 35.6 Å². The van der Waals surface area contributed by atoms with Gasteiger partial charge in [0.2, 0.25) is 5.91 Å². The molecule has 21 heavy (non-hydrogen) atoms. The molecule has 0 unspecified atom stereocenters. The number of anilines is 2. The van der Waals surface area contributed by atoms with Crippen LogP contribution in [-0.2, 0) is 4.79 Å². The molecule has 1 aromatic carbocycles. The van der Waals surface area contributed by atoms with Crippen LogP contribution in [0.15, 0.2) is 36.4 Å². The molecule has 4 heteroatoms. The van der Waals surface area contributed by atoms with E-state index < -0.39 is 0 Å². The normalized spacial score (nSPS) is 11.4. The number of allylic oxidation sites excluding steroid dienone is 1. The Kier molecular flexibility index (Phi) is 6.96. The molecule has 0 aliphatic carbocycles. The molecule has 116 valence electrons. The van der Waals surface area contributed by atoms with Gasteiger partial charge >= 0.3 is 0 Å². The van der Waals surface area contributed by atoms with Crippen molar-refractivity contribution >= 4 is 17.3 Å². The van der Waals surface area contributed by atoms with Crippen LogP contribution < -0.4 is 10.2 Å². The quantitative estimate of drug-likeness (QED) is 0.784. The minimum atomic E-state index is -0.0860. The Labute approximate surface area is 128 Å². The molecular formula is C17H27N3O. The monoisotopic (exact) mass is 289 g/mol. The maximum atomic E-state index is 11.9. The smallest absolute Gasteiger partial charge is 0.248 e. The van der Waals surface area contributed by atoms with Gasteiger partial charge in [-0.2, -0.15) is 0 Å². The predicted molar refractivity (Wildman–Crippen MR) is 90.9 cm³/mol. The summed E-state index contributed by atoms with van der Waals surface area (Å²) in [6.07, 6.45) is 3.50. The Morgan fingerprint density at radius 2 is 1.86 bits per heavy atom. The Hall–Kier alpha value is -1.81. The number of nitrogens with one attached hydrogen (secondary N) is 1. The van der Waals surface area contributed by atoms with Gasteiger partial charge in [0.15, 0.2) is 0 Å². The van der Waals surface area contributed by atoms with Crippen LogP contribution in [0.25, 0.3) is 0 Å². The van der Waals surface area contributed by atoms with Crippen molar-refractivity contribution in [2.24, 2.45) is 5.92 Å². The van der Waals surface area contributed by atoms with Gasteiger partial charge in [-0.25, -0.2) is 0 Å². The first-order chi connectivity index (χ1) is 9.90. The molecule has 0 spiro atoms. The summed E-state index contributed by atoms with van der Waals surface area (Å²) in [6, 6.07) is 7.88. The van der Waals surface area contributed by atoms with Gasteiger partial charge in [0.1, 0.15) is 0 Å². The highest BCUT2D eigenvalue weighted by Gasteiger charge is 2.08. The zero-order chi connectivity index (χ0) is 15.8. The van der Waals surface area contributed by atoms with Crippen molar-refractivity contribution in [3.05, 3.63) is 36.4 Å². The SMILES string of the molecule is CC(C)/C=C/C(=O)Nc1ccccc1N(C)CCN(C)C. The van der Waals surface area contributed by atoms with Gasteiger partial charge in [-0.05, 0) is 38.2 Å². The molecule has 0 saturated carbocycles. The standard InChI is InChI=1S/C17H27N3O/c1-14(2)10-11-17(21)18-15-8-6-7-9-16(15)20(5)13-12-19(3)4/h6-11,14H,12-13H2,1-5H3,(H,18,21)/b11-10+. The molecule has 1 aromatic rings. The number of likely N-dealkylation sites (N-methyl/N-ethyl adjacent to an activating group) is 2. The number of hydrogen-bond acceptors (Lipinski definition) is 3. The third-order valence-electron chi connectivity index (χ3n) is 3.09. The van der Waals surface area contributed by atoms with Crippen molar-refractivity contribution < 1.29 is 4.79 Å². The second-order valence-corrected chi connectivity index (χ2v) is 5.83. The van der Waals surface area contributed by atoms with E-state index in [1.807, 2.05) is 51.2 Å². The first kappa shape index (κ1) is 17.2. The van der Waals surface area contributed by atoms with Crippen molar-refractivity contribution in [1.82, 2.24) is 4.90 Å². The zero-order valence-corrected chi connectivity index (χ0v) is 13.8. The van der Waals surface area contributed by atoms with E-state index in [9.17, 15) is 4.79 Å². The summed E-state index contributed by atoms with van der Waals surface area (Å²) in [5.74, 6) is 0.283. The summed E-state index contributed by atoms with van der Waals surface area (Å²) in [5, 5.41) is 2.95. The van der Waals surface area contributed by atoms with Gasteiger partial charge in [0.05, 0.1) is 11.4 Å². The summed E-state index contributed by atoms with van der Waals surface area (Å²) < 4.78 is 0. The van der Waals surface area contributed by atoms with Crippen molar-refractivity contribution in [2.75, 3.05) is 44.4 Å². The van der Waals surface area contributed by atoms with E-state index in [1.165, 1.54) is 0 Å². The van der Waals surface area contributed by atoms with Crippen LogP contribution in [0.4, 0.5) is 11.4 Å². The van der Waals surface area contributed by atoms with E-state index in [2.05, 4.69) is 29.2 Å². The molecule has 0 aromatic heterocycles. The second-order valence-electron chi connectivity index (χ2n) is 5.83. The van der Waals surface area contributed by atoms with Crippen molar-refractivity contribution in [1.29, 1.82) is 0 Å². The Bertz CT molecular complexity index is 481. The van der Waals surface area contributed by atoms with Crippen molar-refractivity contribution in [2.45, 2.75) is 13.8 Å². The molecule has 0 atom stereocenters. The van der Waals surface area contributed by atoms with E-state index in [4.69, 9.17) is 0 Å². The van der Waals surface area contributed by atoms with Crippen molar-refractivity contribution in [3.63, 3.8) is 0 Å². The van der Waals surface area contributed by atoms with E-state index in [-0.39, 0.29) is 5.91 Å². The minimum Gasteiger partial charge on any atom is -0.372 e. The lowest BCUT2D eigenvalue weighted by Gasteiger charge is -2.24. The van der Waals surface area contributed by atoms with Crippen LogP contribution in [-0.4, -0.2) is 45.0 Å². The van der Waals surface area contributed by atoms with E-state index >= 15 is 0 Å². The molecule has 0 fully saturated rings. The van der Waals surface area contributed by atoms with Crippen LogP contribution in [0.2, 0.25) is 0 Å². The lowest BCUT2D eigenvalue weighted by atomic mass is 10.2. The molecule has 4 nitrogen and oxygen atoms in total. The third kappa shape index (κ3) is 6.45. The van der Waals surface area contributed by atoms with Gasteiger partial charge in [0, 0.05) is 20.1 Å². The van der Waals surface area contributed by atoms with Crippen LogP contribution in [0.1, 0.15) is 13.8 Å². The first-order valence-electron chi connectivity index (χ1n) is 7.34. The molecule has 0 aliphatic rings. The number of amides is 1. The van der Waals surface area contributed by atoms with E-state index in [0.717, 1.165) is 24.5 Å². The van der Waals surface area contributed by atoms with Gasteiger partial charge in [-0.3, -0.25) is 4.79 Å². The highest BCUT2D eigenvalue weighted by molar-refractivity contribution is 6.01. The summed E-state index contributed by atoms with van der Waals surface area (Å²) in [4.78, 5) is 16.2. The fourth-order valence-electron chi connectivity index (χ4n) is 1.84. The molecule has 0 saturated heterocycles. The summed E-state index contributed by atoms with van der Waals surface area (Å²) in [5.41, 5.74) is 1.88. The maximum Gasteiger partial charge on any atom is 0.248 e. The van der Waals surface area contributed by atoms with Crippen LogP contribution in [0.5, 0.6) is 0 Å². The lowest BCUT2D eigenvalue weighted by Crippen LogP contribution is -2.29. The van der Waals surface area contributed by atoms with E-state index in [1.54, 1.807) is 6.08 Å². The maximum absolute atomic E-state index is 11.9. The van der Waals surface area contributed by atoms with Gasteiger partial charge in [0.25, 0.3) is 0 Å². The fraction of sp³-hybridized carbons (Fsp3) is 0.471. The molecule has 1 N–H and O–H groups in total. The molecular weight excluding hydrogens is 262 g/mol. The molecule has 0 heterocycles. The molecule has 1 amide bonds. The number of para-hydroxylation sites is 2. The predicted octanol–water partition coefficient (Wildman–Crippen LogP) is 2.84. The summed E-state index contributed by atoms with van der Waals surface area (Å²) in [7, 11) is 6.15. The Morgan fingerprint density at radius 3 is 2.48 bits per heavy atom. The average Bonchev–Trinajstić information content (AvgIpc) is 2.43. The number of benzene rings is 1. The second kappa shape index (κ2) is 8.47. The molecule has 0 aliphatic heterocycles. The summed E-state index contributed by atoms with van der Waals surface area (Å²) >= 11 is 0. The summed E-state index contributed by atoms with van der Waals surface area (Å²) in [6.45, 7) is 5.97. The number of rotatable bonds is 7. The van der Waals surface area contributed by atoms with Crippen LogP contribution in [0, 0.1) is 5.92 Å². The third-order valence-corrected chi connectivity index (χ3v) is 3.09. The zero-order valence-electron chi connectivity index (χ0n) is 13.8. The molecule has 1 rings (SSSR count). The highest BCUT2D eigenvalue weighted by Crippen LogP contribution is 2.24. The lowest BCUT2D eigenvalue weighted by molar-refractivity contribution is -0.111. The fourth-order valence-corrected chi connectivity index (χ4v) is 1.84. The molecule has 0 radical (unpaired) electrons. The van der Waals surface area contributed by atoms with Gasteiger partial charge < -0.3 is 15.1 Å². The Balaban J connectivity index is 2.77. The largest absolute Gasteiger partial charge is 0.372 e. The van der Waals surface area contributed by atoms with Crippen molar-refractivity contribution in [3.8, 4) is 0 Å². The number of carbonyl (C=O) groups excluding carboxylic acids is 1. The molecule has 0 bridgehead atoms. The van der Waals surface area contributed by atoms with Gasteiger partial charge in [-0.15, -0.1) is 0 Å². The van der Waals surface area contributed by atoms with Gasteiger partial charge in [-0.1, -0.05) is 32.1 Å². The average molecular weight is 289 g/mol. The number of carbonyl (C=O) groups is 1. The van der Waals surface area contributed by atoms with Crippen LogP contribution >= 0.6 is 0 Å². The first-order valence-corrected chi connectivity index (χ1v) is 7.34.